The maximum atomic E-state index is 12.5. The average molecular weight is 266 g/mol. The number of phenols is 1. The van der Waals surface area contributed by atoms with Gasteiger partial charge in [0.25, 0.3) is 0 Å². The van der Waals surface area contributed by atoms with E-state index in [4.69, 9.17) is 5.73 Å². The van der Waals surface area contributed by atoms with Crippen molar-refractivity contribution in [1.82, 2.24) is 4.98 Å². The van der Waals surface area contributed by atoms with Gasteiger partial charge in [-0.1, -0.05) is 30.3 Å². The Kier molecular flexibility index (Phi) is 2.91. The van der Waals surface area contributed by atoms with Crippen LogP contribution in [0.4, 0.5) is 5.82 Å². The topological polar surface area (TPSA) is 79.1 Å². The van der Waals surface area contributed by atoms with Gasteiger partial charge in [0.15, 0.2) is 5.43 Å². The molecule has 0 spiro atoms. The predicted molar refractivity (Wildman–Crippen MR) is 79.9 cm³/mol. The molecule has 0 unspecified atom stereocenters. The summed E-state index contributed by atoms with van der Waals surface area (Å²) in [6, 6.07) is 14.3. The van der Waals surface area contributed by atoms with Crippen LogP contribution < -0.4 is 11.2 Å². The van der Waals surface area contributed by atoms with E-state index in [1.54, 1.807) is 6.07 Å². The molecule has 4 heteroatoms. The molecule has 4 nitrogen and oxygen atoms in total. The van der Waals surface area contributed by atoms with Crippen LogP contribution in [0.15, 0.2) is 53.3 Å². The monoisotopic (exact) mass is 266 g/mol. The Morgan fingerprint density at radius 3 is 2.60 bits per heavy atom. The van der Waals surface area contributed by atoms with Crippen molar-refractivity contribution in [2.24, 2.45) is 0 Å². The van der Waals surface area contributed by atoms with Gasteiger partial charge in [0, 0.05) is 17.4 Å². The predicted octanol–water partition coefficient (Wildman–Crippen LogP) is 2.41. The molecule has 20 heavy (non-hydrogen) atoms. The molecule has 0 atom stereocenters. The minimum absolute atomic E-state index is 0.0680. The van der Waals surface area contributed by atoms with Gasteiger partial charge in [-0.3, -0.25) is 4.79 Å². The van der Waals surface area contributed by atoms with Crippen LogP contribution in [0.3, 0.4) is 0 Å². The number of hydrogen-bond donors (Lipinski definition) is 3. The van der Waals surface area contributed by atoms with Crippen LogP contribution in [-0.2, 0) is 6.42 Å². The van der Waals surface area contributed by atoms with Gasteiger partial charge in [-0.05, 0) is 23.8 Å². The molecule has 0 saturated carbocycles. The van der Waals surface area contributed by atoms with Crippen LogP contribution in [0.25, 0.3) is 10.9 Å². The Bertz CT molecular complexity index is 823. The molecule has 4 N–H and O–H groups in total. The zero-order chi connectivity index (χ0) is 14.1. The number of nitrogens with one attached hydrogen (secondary N) is 1. The molecule has 0 aliphatic rings. The van der Waals surface area contributed by atoms with Gasteiger partial charge in [-0.25, -0.2) is 0 Å². The zero-order valence-electron chi connectivity index (χ0n) is 10.8. The normalized spacial score (nSPS) is 10.8. The van der Waals surface area contributed by atoms with Gasteiger partial charge >= 0.3 is 0 Å². The summed E-state index contributed by atoms with van der Waals surface area (Å²) in [6.45, 7) is 0. The molecule has 3 rings (SSSR count). The first-order valence-electron chi connectivity index (χ1n) is 6.32. The largest absolute Gasteiger partial charge is 0.508 e. The van der Waals surface area contributed by atoms with Gasteiger partial charge < -0.3 is 15.8 Å². The first-order valence-corrected chi connectivity index (χ1v) is 6.32. The lowest BCUT2D eigenvalue weighted by Gasteiger charge is -2.08. The molecule has 0 amide bonds. The summed E-state index contributed by atoms with van der Waals surface area (Å²) in [4.78, 5) is 15.5. The fraction of sp³-hybridized carbons (Fsp3) is 0.0625. The van der Waals surface area contributed by atoms with E-state index in [0.717, 1.165) is 5.56 Å². The number of aromatic amines is 1. The quantitative estimate of drug-likeness (QED) is 0.666. The lowest BCUT2D eigenvalue weighted by molar-refractivity contribution is 0.476. The SMILES string of the molecule is Nc1[nH]c2ccc(O)cc2c(=O)c1Cc1ccccc1. The number of aromatic hydroxyl groups is 1. The highest BCUT2D eigenvalue weighted by molar-refractivity contribution is 5.82. The lowest BCUT2D eigenvalue weighted by Crippen LogP contribution is -2.14. The number of anilines is 1. The second-order valence-electron chi connectivity index (χ2n) is 4.74. The number of benzene rings is 2. The van der Waals surface area contributed by atoms with E-state index < -0.39 is 0 Å². The Balaban J connectivity index is 2.18. The minimum atomic E-state index is -0.143. The van der Waals surface area contributed by atoms with Crippen molar-refractivity contribution in [3.8, 4) is 5.75 Å². The molecule has 100 valence electrons. The summed E-state index contributed by atoms with van der Waals surface area (Å²) < 4.78 is 0. The summed E-state index contributed by atoms with van der Waals surface area (Å²) in [7, 11) is 0. The maximum Gasteiger partial charge on any atom is 0.195 e. The fourth-order valence-corrected chi connectivity index (χ4v) is 2.31. The van der Waals surface area contributed by atoms with Crippen LogP contribution in [0, 0.1) is 0 Å². The average Bonchev–Trinajstić information content (AvgIpc) is 2.46. The summed E-state index contributed by atoms with van der Waals surface area (Å²) in [5.74, 6) is 0.440. The second kappa shape index (κ2) is 4.74. The van der Waals surface area contributed by atoms with Crippen molar-refractivity contribution in [2.45, 2.75) is 6.42 Å². The smallest absolute Gasteiger partial charge is 0.195 e. The van der Waals surface area contributed by atoms with Crippen molar-refractivity contribution in [3.05, 3.63) is 69.9 Å². The van der Waals surface area contributed by atoms with E-state index in [1.165, 1.54) is 12.1 Å². The lowest BCUT2D eigenvalue weighted by atomic mass is 10.0. The van der Waals surface area contributed by atoms with E-state index in [-0.39, 0.29) is 11.2 Å². The minimum Gasteiger partial charge on any atom is -0.508 e. The molecule has 0 radical (unpaired) electrons. The van der Waals surface area contributed by atoms with E-state index in [2.05, 4.69) is 4.98 Å². The number of pyridine rings is 1. The van der Waals surface area contributed by atoms with Crippen LogP contribution in [0.1, 0.15) is 11.1 Å². The van der Waals surface area contributed by atoms with Crippen LogP contribution >= 0.6 is 0 Å². The van der Waals surface area contributed by atoms with Crippen molar-refractivity contribution < 1.29 is 5.11 Å². The molecule has 3 aromatic rings. The molecular weight excluding hydrogens is 252 g/mol. The second-order valence-corrected chi connectivity index (χ2v) is 4.74. The van der Waals surface area contributed by atoms with Crippen molar-refractivity contribution in [3.63, 3.8) is 0 Å². The molecule has 0 aliphatic heterocycles. The highest BCUT2D eigenvalue weighted by Crippen LogP contribution is 2.19. The number of hydrogen-bond acceptors (Lipinski definition) is 3. The number of nitrogen functional groups attached to an aromatic ring is 1. The van der Waals surface area contributed by atoms with E-state index in [1.807, 2.05) is 30.3 Å². The molecule has 0 bridgehead atoms. The van der Waals surface area contributed by atoms with Crippen LogP contribution in [0.5, 0.6) is 5.75 Å². The van der Waals surface area contributed by atoms with Gasteiger partial charge in [0.1, 0.15) is 11.6 Å². The van der Waals surface area contributed by atoms with Crippen LogP contribution in [0.2, 0.25) is 0 Å². The third-order valence-corrected chi connectivity index (χ3v) is 3.34. The Morgan fingerprint density at radius 2 is 1.85 bits per heavy atom. The molecular formula is C16H14N2O2. The molecule has 0 aliphatic carbocycles. The first kappa shape index (κ1) is 12.3. The summed E-state index contributed by atoms with van der Waals surface area (Å²) in [6.07, 6.45) is 0.466. The third kappa shape index (κ3) is 2.12. The molecule has 2 aromatic carbocycles. The zero-order valence-corrected chi connectivity index (χ0v) is 10.8. The standard InChI is InChI=1S/C16H14N2O2/c17-16-13(8-10-4-2-1-3-5-10)15(20)12-9-11(19)6-7-14(12)18-16/h1-7,9,19H,8H2,(H3,17,18,20). The van der Waals surface area contributed by atoms with Gasteiger partial charge in [-0.15, -0.1) is 0 Å². The summed E-state index contributed by atoms with van der Waals surface area (Å²) in [5, 5.41) is 9.97. The number of nitrogens with two attached hydrogens (primary N) is 1. The van der Waals surface area contributed by atoms with Crippen LogP contribution in [-0.4, -0.2) is 10.1 Å². The number of phenolic OH excluding ortho intramolecular Hbond substituents is 1. The summed E-state index contributed by atoms with van der Waals surface area (Å²) in [5.41, 5.74) is 7.98. The van der Waals surface area contributed by atoms with E-state index >= 15 is 0 Å². The first-order chi connectivity index (χ1) is 9.65. The number of aromatic nitrogens is 1. The number of rotatable bonds is 2. The van der Waals surface area contributed by atoms with E-state index in [9.17, 15) is 9.90 Å². The van der Waals surface area contributed by atoms with E-state index in [0.29, 0.717) is 28.7 Å². The maximum absolute atomic E-state index is 12.5. The number of fused-ring (bicyclic) bond motifs is 1. The Hall–Kier alpha value is -2.75. The van der Waals surface area contributed by atoms with Gasteiger partial charge in [-0.2, -0.15) is 0 Å². The highest BCUT2D eigenvalue weighted by Gasteiger charge is 2.11. The summed E-state index contributed by atoms with van der Waals surface area (Å²) >= 11 is 0. The fourth-order valence-electron chi connectivity index (χ4n) is 2.31. The molecule has 1 aromatic heterocycles. The van der Waals surface area contributed by atoms with Gasteiger partial charge in [0.05, 0.1) is 5.52 Å². The van der Waals surface area contributed by atoms with Crippen molar-refractivity contribution in [1.29, 1.82) is 0 Å². The molecule has 0 fully saturated rings. The van der Waals surface area contributed by atoms with Crippen molar-refractivity contribution in [2.75, 3.05) is 5.73 Å². The Morgan fingerprint density at radius 1 is 1.10 bits per heavy atom. The van der Waals surface area contributed by atoms with Gasteiger partial charge in [0.2, 0.25) is 0 Å². The molecule has 1 heterocycles. The third-order valence-electron chi connectivity index (χ3n) is 3.34. The molecule has 0 saturated heterocycles. The number of H-pyrrole nitrogens is 1. The highest BCUT2D eigenvalue weighted by atomic mass is 16.3. The van der Waals surface area contributed by atoms with Crippen molar-refractivity contribution >= 4 is 16.7 Å². The Labute approximate surface area is 115 Å².